The zero-order valence-electron chi connectivity index (χ0n) is 12.0. The van der Waals surface area contributed by atoms with Crippen molar-refractivity contribution < 1.29 is 9.21 Å². The standard InChI is InChI=1S/C17H16N2O2/c1-11-12(2)21-17(18)19(11)10-16(20)15-8-7-13-5-3-4-6-14(13)9-15/h3-9,18H,10H2,1-2H3. The summed E-state index contributed by atoms with van der Waals surface area (Å²) in [6.45, 7) is 3.77. The number of nitrogens with one attached hydrogen (secondary N) is 1. The van der Waals surface area contributed by atoms with Gasteiger partial charge in [-0.15, -0.1) is 0 Å². The molecule has 21 heavy (non-hydrogen) atoms. The molecule has 0 spiro atoms. The van der Waals surface area contributed by atoms with Crippen LogP contribution < -0.4 is 5.68 Å². The van der Waals surface area contributed by atoms with E-state index in [0.29, 0.717) is 11.3 Å². The number of carbonyl (C=O) groups excluding carboxylic acids is 1. The molecule has 0 saturated heterocycles. The number of oxazole rings is 1. The second-order valence-corrected chi connectivity index (χ2v) is 5.12. The highest BCUT2D eigenvalue weighted by atomic mass is 16.4. The van der Waals surface area contributed by atoms with Crippen LogP contribution in [-0.2, 0) is 6.54 Å². The van der Waals surface area contributed by atoms with Crippen LogP contribution in [0, 0.1) is 19.3 Å². The van der Waals surface area contributed by atoms with Crippen molar-refractivity contribution in [2.75, 3.05) is 0 Å². The molecule has 2 aromatic carbocycles. The van der Waals surface area contributed by atoms with Gasteiger partial charge >= 0.3 is 0 Å². The lowest BCUT2D eigenvalue weighted by Crippen LogP contribution is -2.21. The number of benzene rings is 2. The Hall–Kier alpha value is -2.62. The maximum Gasteiger partial charge on any atom is 0.294 e. The van der Waals surface area contributed by atoms with Crippen molar-refractivity contribution in [3.8, 4) is 0 Å². The van der Waals surface area contributed by atoms with Crippen LogP contribution in [0.1, 0.15) is 21.8 Å². The zero-order valence-corrected chi connectivity index (χ0v) is 12.0. The predicted molar refractivity (Wildman–Crippen MR) is 80.3 cm³/mol. The van der Waals surface area contributed by atoms with Crippen molar-refractivity contribution in [3.63, 3.8) is 0 Å². The lowest BCUT2D eigenvalue weighted by atomic mass is 10.0. The van der Waals surface area contributed by atoms with Crippen LogP contribution in [0.25, 0.3) is 10.8 Å². The van der Waals surface area contributed by atoms with Crippen molar-refractivity contribution in [1.82, 2.24) is 4.57 Å². The zero-order chi connectivity index (χ0) is 15.0. The fourth-order valence-electron chi connectivity index (χ4n) is 2.40. The third kappa shape index (κ3) is 2.40. The average Bonchev–Trinajstić information content (AvgIpc) is 2.73. The summed E-state index contributed by atoms with van der Waals surface area (Å²) >= 11 is 0. The Labute approximate surface area is 122 Å². The topological polar surface area (TPSA) is 59.0 Å². The van der Waals surface area contributed by atoms with Crippen LogP contribution in [-0.4, -0.2) is 10.4 Å². The number of rotatable bonds is 3. The van der Waals surface area contributed by atoms with E-state index in [4.69, 9.17) is 9.83 Å². The third-order valence-corrected chi connectivity index (χ3v) is 3.78. The van der Waals surface area contributed by atoms with Crippen molar-refractivity contribution in [2.45, 2.75) is 20.4 Å². The Morgan fingerprint density at radius 1 is 1.14 bits per heavy atom. The van der Waals surface area contributed by atoms with Gasteiger partial charge in [-0.1, -0.05) is 36.4 Å². The summed E-state index contributed by atoms with van der Waals surface area (Å²) in [5, 5.41) is 9.91. The summed E-state index contributed by atoms with van der Waals surface area (Å²) in [7, 11) is 0. The maximum atomic E-state index is 12.4. The van der Waals surface area contributed by atoms with Gasteiger partial charge in [-0.2, -0.15) is 0 Å². The Balaban J connectivity index is 1.95. The number of aryl methyl sites for hydroxylation is 1. The molecule has 4 heteroatoms. The monoisotopic (exact) mass is 280 g/mol. The van der Waals surface area contributed by atoms with Crippen molar-refractivity contribution in [3.05, 3.63) is 65.2 Å². The van der Waals surface area contributed by atoms with E-state index in [1.807, 2.05) is 49.4 Å². The van der Waals surface area contributed by atoms with E-state index in [9.17, 15) is 4.79 Å². The molecule has 0 atom stereocenters. The number of hydrogen-bond donors (Lipinski definition) is 1. The van der Waals surface area contributed by atoms with E-state index in [0.717, 1.165) is 16.5 Å². The van der Waals surface area contributed by atoms with Crippen LogP contribution in [0.3, 0.4) is 0 Å². The van der Waals surface area contributed by atoms with E-state index in [2.05, 4.69) is 0 Å². The molecule has 0 aliphatic rings. The molecule has 3 aromatic rings. The van der Waals surface area contributed by atoms with Crippen LogP contribution in [0.4, 0.5) is 0 Å². The Kier molecular flexibility index (Phi) is 3.22. The summed E-state index contributed by atoms with van der Waals surface area (Å²) in [6.07, 6.45) is 0. The number of fused-ring (bicyclic) bond motifs is 1. The van der Waals surface area contributed by atoms with Gasteiger partial charge in [0.15, 0.2) is 5.78 Å². The normalized spacial score (nSPS) is 11.0. The highest BCUT2D eigenvalue weighted by Crippen LogP contribution is 2.16. The molecule has 0 aliphatic heterocycles. The number of nitrogens with zero attached hydrogens (tertiary/aromatic N) is 1. The third-order valence-electron chi connectivity index (χ3n) is 3.78. The number of hydrogen-bond acceptors (Lipinski definition) is 3. The van der Waals surface area contributed by atoms with Crippen molar-refractivity contribution in [2.24, 2.45) is 0 Å². The molecule has 0 radical (unpaired) electrons. The van der Waals surface area contributed by atoms with Crippen LogP contribution in [0.15, 0.2) is 46.9 Å². The highest BCUT2D eigenvalue weighted by molar-refractivity contribution is 5.99. The van der Waals surface area contributed by atoms with Crippen LogP contribution >= 0.6 is 0 Å². The van der Waals surface area contributed by atoms with Gasteiger partial charge in [0.05, 0.1) is 12.2 Å². The fraction of sp³-hybridized carbons (Fsp3) is 0.176. The maximum absolute atomic E-state index is 12.4. The molecule has 0 fully saturated rings. The van der Waals surface area contributed by atoms with E-state index in [-0.39, 0.29) is 18.0 Å². The highest BCUT2D eigenvalue weighted by Gasteiger charge is 2.13. The number of ketones is 1. The largest absolute Gasteiger partial charge is 0.429 e. The summed E-state index contributed by atoms with van der Waals surface area (Å²) in [6, 6.07) is 13.6. The molecule has 0 saturated carbocycles. The smallest absolute Gasteiger partial charge is 0.294 e. The van der Waals surface area contributed by atoms with Crippen molar-refractivity contribution >= 4 is 16.6 Å². The predicted octanol–water partition coefficient (Wildman–Crippen LogP) is 3.21. The minimum absolute atomic E-state index is 0.0131. The molecular formula is C17H16N2O2. The SMILES string of the molecule is Cc1oc(=N)n(CC(=O)c2ccc3ccccc3c2)c1C. The van der Waals surface area contributed by atoms with Gasteiger partial charge in [0.25, 0.3) is 5.68 Å². The molecule has 0 aliphatic carbocycles. The van der Waals surface area contributed by atoms with E-state index in [1.54, 1.807) is 11.5 Å². The van der Waals surface area contributed by atoms with E-state index < -0.39 is 0 Å². The first-order valence-corrected chi connectivity index (χ1v) is 6.79. The van der Waals surface area contributed by atoms with Crippen LogP contribution in [0.2, 0.25) is 0 Å². The Morgan fingerprint density at radius 3 is 2.52 bits per heavy atom. The number of aromatic nitrogens is 1. The van der Waals surface area contributed by atoms with Gasteiger partial charge in [-0.25, -0.2) is 0 Å². The second-order valence-electron chi connectivity index (χ2n) is 5.12. The number of carbonyl (C=O) groups is 1. The lowest BCUT2D eigenvalue weighted by molar-refractivity contribution is 0.0968. The average molecular weight is 280 g/mol. The van der Waals surface area contributed by atoms with Crippen molar-refractivity contribution in [1.29, 1.82) is 5.41 Å². The van der Waals surface area contributed by atoms with Crippen LogP contribution in [0.5, 0.6) is 0 Å². The van der Waals surface area contributed by atoms with Gasteiger partial charge in [0.1, 0.15) is 5.76 Å². The minimum atomic E-state index is -0.0249. The van der Waals surface area contributed by atoms with E-state index >= 15 is 0 Å². The molecule has 1 N–H and O–H groups in total. The first kappa shape index (κ1) is 13.4. The molecule has 1 heterocycles. The lowest BCUT2D eigenvalue weighted by Gasteiger charge is -2.05. The molecule has 1 aromatic heterocycles. The fourth-order valence-corrected chi connectivity index (χ4v) is 2.40. The van der Waals surface area contributed by atoms with Gasteiger partial charge < -0.3 is 4.42 Å². The molecular weight excluding hydrogens is 264 g/mol. The quantitative estimate of drug-likeness (QED) is 0.749. The molecule has 106 valence electrons. The van der Waals surface area contributed by atoms with Gasteiger partial charge in [-0.3, -0.25) is 14.8 Å². The summed E-state index contributed by atoms with van der Waals surface area (Å²) in [5.74, 6) is 0.648. The first-order valence-electron chi connectivity index (χ1n) is 6.79. The Morgan fingerprint density at radius 2 is 1.86 bits per heavy atom. The summed E-state index contributed by atoms with van der Waals surface area (Å²) in [5.41, 5.74) is 1.48. The van der Waals surface area contributed by atoms with E-state index in [1.165, 1.54) is 0 Å². The molecule has 0 unspecified atom stereocenters. The summed E-state index contributed by atoms with van der Waals surface area (Å²) in [4.78, 5) is 12.4. The van der Waals surface area contributed by atoms with Gasteiger partial charge in [0.2, 0.25) is 0 Å². The molecule has 0 bridgehead atoms. The Bertz CT molecular complexity index is 887. The molecule has 0 amide bonds. The second kappa shape index (κ2) is 5.05. The van der Waals surface area contributed by atoms with Gasteiger partial charge in [0, 0.05) is 5.56 Å². The molecule has 3 rings (SSSR count). The first-order chi connectivity index (χ1) is 10.1. The van der Waals surface area contributed by atoms with Gasteiger partial charge in [-0.05, 0) is 30.7 Å². The summed E-state index contributed by atoms with van der Waals surface area (Å²) < 4.78 is 6.82. The number of Topliss-reactive ketones (excluding diaryl/α,β-unsaturated/α-hetero) is 1. The molecule has 4 nitrogen and oxygen atoms in total. The minimum Gasteiger partial charge on any atom is -0.429 e.